The van der Waals surface area contributed by atoms with Gasteiger partial charge in [-0.1, -0.05) is 0 Å². The second-order valence-corrected chi connectivity index (χ2v) is 9.19. The molecule has 2 aromatic carbocycles. The highest BCUT2D eigenvalue weighted by molar-refractivity contribution is 7.81. The highest BCUT2D eigenvalue weighted by atomic mass is 32.3. The van der Waals surface area contributed by atoms with E-state index in [0.29, 0.717) is 16.7 Å². The van der Waals surface area contributed by atoms with Gasteiger partial charge in [-0.05, 0) is 32.9 Å². The van der Waals surface area contributed by atoms with Crippen LogP contribution in [0.4, 0.5) is 0 Å². The molecular weight excluding hydrogens is 552 g/mol. The maximum absolute atomic E-state index is 12.9. The van der Waals surface area contributed by atoms with E-state index < -0.39 is 22.3 Å². The Hall–Kier alpha value is -4.43. The van der Waals surface area contributed by atoms with E-state index in [4.69, 9.17) is 37.1 Å². The number of furan rings is 2. The van der Waals surface area contributed by atoms with Gasteiger partial charge in [0.1, 0.15) is 34.7 Å². The van der Waals surface area contributed by atoms with Crippen LogP contribution < -0.4 is 18.4 Å². The molecule has 214 valence electrons. The van der Waals surface area contributed by atoms with Crippen LogP contribution in [0.15, 0.2) is 33.1 Å². The van der Waals surface area contributed by atoms with Gasteiger partial charge in [0, 0.05) is 22.9 Å². The summed E-state index contributed by atoms with van der Waals surface area (Å²) in [5, 5.41) is 0.592. The van der Waals surface area contributed by atoms with Crippen LogP contribution in [-0.4, -0.2) is 52.3 Å². The Morgan fingerprint density at radius 3 is 1.93 bits per heavy atom. The molecule has 0 radical (unpaired) electrons. The number of fused-ring (bicyclic) bond motifs is 2. The van der Waals surface area contributed by atoms with Crippen LogP contribution in [0.1, 0.15) is 46.1 Å². The molecule has 0 atom stereocenters. The number of ether oxygens (including phenoxy) is 5. The molecule has 13 nitrogen and oxygen atoms in total. The largest absolute Gasteiger partial charge is 0.493 e. The molecule has 4 aromatic rings. The molecule has 0 unspecified atom stereocenters. The van der Waals surface area contributed by atoms with E-state index in [0.717, 1.165) is 6.07 Å². The zero-order valence-electron chi connectivity index (χ0n) is 22.2. The molecule has 0 saturated heterocycles. The summed E-state index contributed by atoms with van der Waals surface area (Å²) >= 11 is 0. The Morgan fingerprint density at radius 2 is 1.32 bits per heavy atom. The van der Waals surface area contributed by atoms with Crippen molar-refractivity contribution in [3.8, 4) is 23.0 Å². The van der Waals surface area contributed by atoms with Gasteiger partial charge in [-0.25, -0.2) is 9.59 Å². The Kier molecular flexibility index (Phi) is 8.11. The minimum absolute atomic E-state index is 0.0319. The molecule has 4 rings (SSSR count). The zero-order chi connectivity index (χ0) is 29.2. The van der Waals surface area contributed by atoms with Crippen molar-refractivity contribution in [1.82, 2.24) is 0 Å². The molecule has 1 N–H and O–H groups in total. The number of hydrogen-bond donors (Lipinski definition) is 1. The van der Waals surface area contributed by atoms with Crippen molar-refractivity contribution in [1.29, 1.82) is 0 Å². The molecule has 0 aliphatic heterocycles. The first-order valence-corrected chi connectivity index (χ1v) is 13.3. The smallest absolute Gasteiger partial charge is 0.446 e. The molecule has 0 saturated carbocycles. The lowest BCUT2D eigenvalue weighted by molar-refractivity contribution is 0.0515. The number of esters is 2. The van der Waals surface area contributed by atoms with Crippen molar-refractivity contribution >= 4 is 44.3 Å². The number of carbonyl (C=O) groups is 2. The lowest BCUT2D eigenvalue weighted by Crippen LogP contribution is -2.09. The normalized spacial score (nSPS) is 11.4. The van der Waals surface area contributed by atoms with Crippen LogP contribution in [0.2, 0.25) is 0 Å². The standard InChI is InChI=1S/C26H26O13S/c1-6-34-25(27)23-13(3)37-16-11-20(18(32-4)8-14(16)23)36-12-22-24(26(28)35-7-2)15-9-21(39-40(29,30)31)19(33-5)10-17(15)38-22/h8-11H,6-7,12H2,1-5H3,(H,29,30,31). The third kappa shape index (κ3) is 5.62. The van der Waals surface area contributed by atoms with Crippen LogP contribution in [0.3, 0.4) is 0 Å². The zero-order valence-corrected chi connectivity index (χ0v) is 23.0. The van der Waals surface area contributed by atoms with Gasteiger partial charge in [0.25, 0.3) is 0 Å². The first-order valence-electron chi connectivity index (χ1n) is 11.9. The monoisotopic (exact) mass is 578 g/mol. The molecular formula is C26H26O13S. The van der Waals surface area contributed by atoms with E-state index in [1.807, 2.05) is 0 Å². The fourth-order valence-corrected chi connectivity index (χ4v) is 4.48. The number of carbonyl (C=O) groups excluding carboxylic acids is 2. The first kappa shape index (κ1) is 28.6. The number of methoxy groups -OCH3 is 2. The van der Waals surface area contributed by atoms with Gasteiger partial charge in [-0.3, -0.25) is 4.55 Å². The highest BCUT2D eigenvalue weighted by Gasteiger charge is 2.27. The van der Waals surface area contributed by atoms with Gasteiger partial charge < -0.3 is 36.7 Å². The van der Waals surface area contributed by atoms with Gasteiger partial charge in [-0.2, -0.15) is 8.42 Å². The van der Waals surface area contributed by atoms with Gasteiger partial charge >= 0.3 is 22.3 Å². The molecule has 0 aliphatic carbocycles. The average Bonchev–Trinajstić information content (AvgIpc) is 3.40. The molecule has 0 spiro atoms. The molecule has 2 heterocycles. The van der Waals surface area contributed by atoms with Crippen LogP contribution in [-0.2, 0) is 26.5 Å². The van der Waals surface area contributed by atoms with E-state index in [1.54, 1.807) is 26.8 Å². The number of hydrogen-bond acceptors (Lipinski definition) is 12. The van der Waals surface area contributed by atoms with Gasteiger partial charge in [-0.15, -0.1) is 0 Å². The van der Waals surface area contributed by atoms with E-state index in [2.05, 4.69) is 4.18 Å². The molecule has 0 aliphatic rings. The quantitative estimate of drug-likeness (QED) is 0.193. The van der Waals surface area contributed by atoms with Crippen molar-refractivity contribution < 1.29 is 59.3 Å². The number of benzene rings is 2. The Labute approximate surface area is 228 Å². The Bertz CT molecular complexity index is 1690. The minimum Gasteiger partial charge on any atom is -0.493 e. The summed E-state index contributed by atoms with van der Waals surface area (Å²) in [6, 6.07) is 5.55. The fraction of sp³-hybridized carbons (Fsp3) is 0.308. The topological polar surface area (TPSA) is 170 Å². The van der Waals surface area contributed by atoms with Crippen molar-refractivity contribution in [2.24, 2.45) is 0 Å². The van der Waals surface area contributed by atoms with Crippen molar-refractivity contribution in [3.63, 3.8) is 0 Å². The second kappa shape index (κ2) is 11.4. The lowest BCUT2D eigenvalue weighted by Gasteiger charge is -2.11. The number of aryl methyl sites for hydroxylation is 1. The number of rotatable bonds is 11. The summed E-state index contributed by atoms with van der Waals surface area (Å²) in [5.41, 5.74) is 0.672. The summed E-state index contributed by atoms with van der Waals surface area (Å²) in [7, 11) is -2.23. The minimum atomic E-state index is -4.90. The Balaban J connectivity index is 1.77. The molecule has 0 amide bonds. The predicted octanol–water partition coefficient (Wildman–Crippen LogP) is 4.62. The van der Waals surface area contributed by atoms with Crippen LogP contribution >= 0.6 is 0 Å². The van der Waals surface area contributed by atoms with E-state index in [1.165, 1.54) is 26.4 Å². The maximum atomic E-state index is 12.9. The lowest BCUT2D eigenvalue weighted by atomic mass is 10.1. The molecule has 0 bridgehead atoms. The van der Waals surface area contributed by atoms with E-state index in [-0.39, 0.29) is 70.7 Å². The van der Waals surface area contributed by atoms with Crippen molar-refractivity contribution in [2.75, 3.05) is 27.4 Å². The summed E-state index contributed by atoms with van der Waals surface area (Å²) in [6.07, 6.45) is 0. The Morgan fingerprint density at radius 1 is 0.800 bits per heavy atom. The average molecular weight is 579 g/mol. The highest BCUT2D eigenvalue weighted by Crippen LogP contribution is 2.40. The molecule has 40 heavy (non-hydrogen) atoms. The SMILES string of the molecule is CCOC(=O)c1c(C)oc2cc(OCc3oc4cc(OC)c(OS(=O)(=O)O)cc4c3C(=O)OCC)c(OC)cc12. The van der Waals surface area contributed by atoms with E-state index in [9.17, 15) is 18.0 Å². The van der Waals surface area contributed by atoms with Gasteiger partial charge in [0.2, 0.25) is 0 Å². The maximum Gasteiger partial charge on any atom is 0.446 e. The van der Waals surface area contributed by atoms with Crippen LogP contribution in [0.25, 0.3) is 21.9 Å². The predicted molar refractivity (Wildman–Crippen MR) is 139 cm³/mol. The fourth-order valence-electron chi connectivity index (χ4n) is 4.12. The third-order valence-electron chi connectivity index (χ3n) is 5.71. The van der Waals surface area contributed by atoms with Crippen molar-refractivity contribution in [2.45, 2.75) is 27.4 Å². The van der Waals surface area contributed by atoms with Gasteiger partial charge in [0.15, 0.2) is 28.8 Å². The molecule has 0 fully saturated rings. The first-order chi connectivity index (χ1) is 19.0. The van der Waals surface area contributed by atoms with E-state index >= 15 is 0 Å². The summed E-state index contributed by atoms with van der Waals surface area (Å²) < 4.78 is 74.9. The molecule has 14 heteroatoms. The van der Waals surface area contributed by atoms with Crippen molar-refractivity contribution in [3.05, 3.63) is 46.9 Å². The third-order valence-corrected chi connectivity index (χ3v) is 6.10. The van der Waals surface area contributed by atoms with Crippen LogP contribution in [0, 0.1) is 6.92 Å². The van der Waals surface area contributed by atoms with Gasteiger partial charge in [0.05, 0.1) is 27.4 Å². The summed E-state index contributed by atoms with van der Waals surface area (Å²) in [6.45, 7) is 4.88. The van der Waals surface area contributed by atoms with Crippen LogP contribution in [0.5, 0.6) is 23.0 Å². The summed E-state index contributed by atoms with van der Waals surface area (Å²) in [4.78, 5) is 25.3. The second-order valence-electron chi connectivity index (χ2n) is 8.17. The summed E-state index contributed by atoms with van der Waals surface area (Å²) in [5.74, 6) is -0.917. The molecule has 2 aromatic heterocycles.